The average Bonchev–Trinajstić information content (AvgIpc) is 3.07. The molecule has 0 saturated heterocycles. The zero-order valence-electron chi connectivity index (χ0n) is 21.1. The van der Waals surface area contributed by atoms with Crippen LogP contribution in [0.2, 0.25) is 0 Å². The minimum absolute atomic E-state index is 0.188. The van der Waals surface area contributed by atoms with Crippen molar-refractivity contribution in [1.82, 2.24) is 5.01 Å². The van der Waals surface area contributed by atoms with Gasteiger partial charge in [0.2, 0.25) is 0 Å². The molecule has 2 aliphatic rings. The number of fused-ring (bicyclic) bond motifs is 1. The van der Waals surface area contributed by atoms with E-state index in [0.717, 1.165) is 38.5 Å². The molecular formula is C28H43F2N3O. The lowest BCUT2D eigenvalue weighted by atomic mass is 9.63. The van der Waals surface area contributed by atoms with Crippen molar-refractivity contribution >= 4 is 6.21 Å². The van der Waals surface area contributed by atoms with Crippen molar-refractivity contribution in [3.63, 3.8) is 0 Å². The number of aliphatic hydroxyl groups is 1. The van der Waals surface area contributed by atoms with Crippen LogP contribution >= 0.6 is 0 Å². The van der Waals surface area contributed by atoms with Crippen LogP contribution < -0.4 is 5.73 Å². The molecule has 2 unspecified atom stereocenters. The maximum Gasteiger partial charge on any atom is 0.120 e. The first-order valence-corrected chi connectivity index (χ1v) is 12.8. The summed E-state index contributed by atoms with van der Waals surface area (Å²) in [7, 11) is 0. The van der Waals surface area contributed by atoms with Crippen LogP contribution in [-0.4, -0.2) is 35.0 Å². The number of nitrogens with zero attached hydrogens (tertiary/aromatic N) is 2. The van der Waals surface area contributed by atoms with E-state index >= 15 is 0 Å². The van der Waals surface area contributed by atoms with E-state index in [0.29, 0.717) is 32.4 Å². The molecule has 1 heterocycles. The maximum absolute atomic E-state index is 13.7. The number of hydrogen-bond donors (Lipinski definition) is 2. The molecule has 3 atom stereocenters. The summed E-state index contributed by atoms with van der Waals surface area (Å²) in [6.07, 6.45) is 20.0. The fourth-order valence-electron chi connectivity index (χ4n) is 5.56. The second-order valence-corrected chi connectivity index (χ2v) is 9.65. The highest BCUT2D eigenvalue weighted by molar-refractivity contribution is 5.60. The quantitative estimate of drug-likeness (QED) is 0.195. The number of hydrazone groups is 1. The lowest BCUT2D eigenvalue weighted by Gasteiger charge is -2.45. The van der Waals surface area contributed by atoms with Gasteiger partial charge in [0, 0.05) is 11.6 Å². The third-order valence-electron chi connectivity index (χ3n) is 7.08. The highest BCUT2D eigenvalue weighted by Gasteiger charge is 2.55. The molecule has 34 heavy (non-hydrogen) atoms. The Kier molecular flexibility index (Phi) is 11.2. The smallest absolute Gasteiger partial charge is 0.120 e. The summed E-state index contributed by atoms with van der Waals surface area (Å²) >= 11 is 0. The number of unbranched alkanes of at least 4 members (excludes halogenated alkanes) is 1. The van der Waals surface area contributed by atoms with E-state index < -0.39 is 5.60 Å². The fourth-order valence-corrected chi connectivity index (χ4v) is 5.56. The van der Waals surface area contributed by atoms with Gasteiger partial charge in [-0.2, -0.15) is 5.10 Å². The average molecular weight is 476 g/mol. The molecule has 0 aromatic carbocycles. The minimum Gasteiger partial charge on any atom is -0.405 e. The summed E-state index contributed by atoms with van der Waals surface area (Å²) in [5, 5.41) is 18.6. The van der Waals surface area contributed by atoms with Crippen molar-refractivity contribution in [2.24, 2.45) is 22.2 Å². The van der Waals surface area contributed by atoms with Crippen molar-refractivity contribution < 1.29 is 13.9 Å². The maximum atomic E-state index is 13.7. The van der Waals surface area contributed by atoms with E-state index in [1.165, 1.54) is 30.0 Å². The predicted octanol–water partition coefficient (Wildman–Crippen LogP) is 6.87. The van der Waals surface area contributed by atoms with E-state index in [4.69, 9.17) is 5.73 Å². The third-order valence-corrected chi connectivity index (χ3v) is 7.08. The molecule has 0 bridgehead atoms. The molecule has 6 heteroatoms. The lowest BCUT2D eigenvalue weighted by Crippen LogP contribution is -2.46. The molecule has 1 fully saturated rings. The van der Waals surface area contributed by atoms with E-state index in [2.05, 4.69) is 25.0 Å². The van der Waals surface area contributed by atoms with Crippen LogP contribution in [-0.2, 0) is 0 Å². The van der Waals surface area contributed by atoms with Gasteiger partial charge >= 0.3 is 0 Å². The van der Waals surface area contributed by atoms with Gasteiger partial charge in [0.05, 0.1) is 18.7 Å². The SMILES string of the molecule is CC/C=C(F)\C=C/CN1C/C=C2/CC[C@@](O)(CCC/C=C(F)\C=C/N)C2(CCC)CC(C)/C=N\1. The zero-order valence-corrected chi connectivity index (χ0v) is 21.1. The molecule has 0 aromatic heterocycles. The van der Waals surface area contributed by atoms with E-state index in [-0.39, 0.29) is 23.0 Å². The summed E-state index contributed by atoms with van der Waals surface area (Å²) < 4.78 is 27.3. The molecule has 1 saturated carbocycles. The van der Waals surface area contributed by atoms with Crippen molar-refractivity contribution in [3.8, 4) is 0 Å². The lowest BCUT2D eigenvalue weighted by molar-refractivity contribution is -0.0673. The van der Waals surface area contributed by atoms with Crippen LogP contribution in [0.5, 0.6) is 0 Å². The Bertz CT molecular complexity index is 830. The molecule has 1 aliphatic heterocycles. The Labute approximate surface area is 204 Å². The number of allylic oxidation sites excluding steroid dienone is 6. The van der Waals surface area contributed by atoms with Gasteiger partial charge in [-0.15, -0.1) is 0 Å². The monoisotopic (exact) mass is 475 g/mol. The highest BCUT2D eigenvalue weighted by Crippen LogP contribution is 2.58. The molecule has 0 spiro atoms. The van der Waals surface area contributed by atoms with Gasteiger partial charge in [0.15, 0.2) is 0 Å². The predicted molar refractivity (Wildman–Crippen MR) is 138 cm³/mol. The van der Waals surface area contributed by atoms with Crippen LogP contribution in [0, 0.1) is 11.3 Å². The van der Waals surface area contributed by atoms with Gasteiger partial charge in [0.25, 0.3) is 0 Å². The molecule has 0 radical (unpaired) electrons. The van der Waals surface area contributed by atoms with Crippen molar-refractivity contribution in [3.05, 3.63) is 59.9 Å². The zero-order chi connectivity index (χ0) is 25.0. The van der Waals surface area contributed by atoms with Crippen LogP contribution in [0.1, 0.15) is 78.6 Å². The molecule has 3 N–H and O–H groups in total. The van der Waals surface area contributed by atoms with Crippen molar-refractivity contribution in [1.29, 1.82) is 0 Å². The Morgan fingerprint density at radius 2 is 2.00 bits per heavy atom. The van der Waals surface area contributed by atoms with Gasteiger partial charge in [-0.1, -0.05) is 44.9 Å². The van der Waals surface area contributed by atoms with Crippen LogP contribution in [0.4, 0.5) is 8.78 Å². The molecular weight excluding hydrogens is 432 g/mol. The molecule has 0 amide bonds. The normalized spacial score (nSPS) is 31.3. The second-order valence-electron chi connectivity index (χ2n) is 9.65. The molecule has 190 valence electrons. The molecule has 0 aromatic rings. The highest BCUT2D eigenvalue weighted by atomic mass is 19.1. The first kappa shape index (κ1) is 28.0. The summed E-state index contributed by atoms with van der Waals surface area (Å²) in [6, 6.07) is 0. The summed E-state index contributed by atoms with van der Waals surface area (Å²) in [5.74, 6) is -0.372. The minimum atomic E-state index is -0.811. The first-order valence-electron chi connectivity index (χ1n) is 12.8. The third kappa shape index (κ3) is 7.39. The topological polar surface area (TPSA) is 61.8 Å². The van der Waals surface area contributed by atoms with E-state index in [9.17, 15) is 13.9 Å². The van der Waals surface area contributed by atoms with Gasteiger partial charge in [-0.25, -0.2) is 8.78 Å². The Hall–Kier alpha value is -2.21. The summed E-state index contributed by atoms with van der Waals surface area (Å²) in [6.45, 7) is 7.38. The van der Waals surface area contributed by atoms with E-state index in [1.807, 2.05) is 18.1 Å². The Balaban J connectivity index is 2.22. The molecule has 2 rings (SSSR count). The van der Waals surface area contributed by atoms with Gasteiger partial charge in [0.1, 0.15) is 11.7 Å². The second kappa shape index (κ2) is 13.6. The van der Waals surface area contributed by atoms with Gasteiger partial charge < -0.3 is 10.8 Å². The van der Waals surface area contributed by atoms with Crippen LogP contribution in [0.25, 0.3) is 0 Å². The fraction of sp³-hybridized carbons (Fsp3) is 0.607. The standard InChI is InChI=1S/C28H43F2N3O/c1-4-9-25(29)11-8-19-33-20-14-24-12-17-28(34,16-7-6-10-26(30)13-18-31)27(24,15-5-2)21-23(3)22-32-33/h8-11,13-14,18,22-23,34H,4-7,12,15-17,19-21,31H2,1-3H3/b11-8-,18-13-,24-14-,25-9+,26-10+,32-22-/t23?,27?,28-/m0/s1. The molecule has 4 nitrogen and oxygen atoms in total. The Morgan fingerprint density at radius 1 is 1.24 bits per heavy atom. The van der Waals surface area contributed by atoms with Crippen molar-refractivity contribution in [2.45, 2.75) is 84.2 Å². The summed E-state index contributed by atoms with van der Waals surface area (Å²) in [5.41, 5.74) is 5.45. The van der Waals surface area contributed by atoms with Gasteiger partial charge in [-0.3, -0.25) is 5.01 Å². The number of rotatable bonds is 11. The first-order chi connectivity index (χ1) is 16.3. The van der Waals surface area contributed by atoms with Crippen LogP contribution in [0.3, 0.4) is 0 Å². The van der Waals surface area contributed by atoms with E-state index in [1.54, 1.807) is 12.2 Å². The Morgan fingerprint density at radius 3 is 2.71 bits per heavy atom. The number of hydrogen-bond acceptors (Lipinski definition) is 4. The summed E-state index contributed by atoms with van der Waals surface area (Å²) in [4.78, 5) is 0. The van der Waals surface area contributed by atoms with Crippen molar-refractivity contribution in [2.75, 3.05) is 13.1 Å². The van der Waals surface area contributed by atoms with Crippen LogP contribution in [0.15, 0.2) is 65.0 Å². The number of halogens is 2. The molecule has 1 aliphatic carbocycles. The van der Waals surface area contributed by atoms with Gasteiger partial charge in [-0.05, 0) is 87.8 Å². The number of nitrogens with two attached hydrogens (primary N) is 1. The largest absolute Gasteiger partial charge is 0.405 e.